The predicted octanol–water partition coefficient (Wildman–Crippen LogP) is 3.61. The van der Waals surface area contributed by atoms with Gasteiger partial charge in [-0.1, -0.05) is 33.1 Å². The molecule has 0 spiro atoms. The number of rotatable bonds is 8. The standard InChI is InChI=1S/C24H33N3O4/c1-16(2)8-7-9-17(3)25-22(28)15-31-24(30)18-11-12-19-20(14-18)26-21-10-5-4-6-13-27(21)23(19)29/h11-12,14,16-17H,4-10,13,15H2,1-3H3,(H,25,28)/t17-/m0/s1. The number of hydrogen-bond donors (Lipinski definition) is 1. The van der Waals surface area contributed by atoms with Crippen LogP contribution in [0.3, 0.4) is 0 Å². The van der Waals surface area contributed by atoms with Crippen LogP contribution in [-0.4, -0.2) is 34.1 Å². The van der Waals surface area contributed by atoms with E-state index in [2.05, 4.69) is 24.1 Å². The lowest BCUT2D eigenvalue weighted by atomic mass is 10.0. The third-order valence-electron chi connectivity index (χ3n) is 5.71. The highest BCUT2D eigenvalue weighted by Crippen LogP contribution is 2.17. The molecule has 3 rings (SSSR count). The van der Waals surface area contributed by atoms with E-state index >= 15 is 0 Å². The van der Waals surface area contributed by atoms with Gasteiger partial charge in [-0.05, 0) is 50.3 Å². The second-order valence-corrected chi connectivity index (χ2v) is 8.90. The molecule has 7 nitrogen and oxygen atoms in total. The third-order valence-corrected chi connectivity index (χ3v) is 5.71. The third kappa shape index (κ3) is 6.15. The van der Waals surface area contributed by atoms with Crippen LogP contribution < -0.4 is 10.9 Å². The molecule has 1 aromatic heterocycles. The molecule has 0 unspecified atom stereocenters. The fourth-order valence-corrected chi connectivity index (χ4v) is 3.98. The highest BCUT2D eigenvalue weighted by Gasteiger charge is 2.17. The molecule has 1 atom stereocenters. The number of ether oxygens (including phenoxy) is 1. The Kier molecular flexibility index (Phi) is 7.82. The fourth-order valence-electron chi connectivity index (χ4n) is 3.98. The van der Waals surface area contributed by atoms with Gasteiger partial charge in [-0.2, -0.15) is 0 Å². The maximum Gasteiger partial charge on any atom is 0.338 e. The molecule has 0 fully saturated rings. The number of carbonyl (C=O) groups excluding carboxylic acids is 2. The number of nitrogens with zero attached hydrogens (tertiary/aromatic N) is 2. The van der Waals surface area contributed by atoms with Crippen molar-refractivity contribution >= 4 is 22.8 Å². The lowest BCUT2D eigenvalue weighted by Gasteiger charge is -2.14. The first-order chi connectivity index (χ1) is 14.8. The SMILES string of the molecule is CC(C)CCC[C@H](C)NC(=O)COC(=O)c1ccc2c(=O)n3c(nc2c1)CCCCC3. The summed E-state index contributed by atoms with van der Waals surface area (Å²) in [6.07, 6.45) is 6.89. The van der Waals surface area contributed by atoms with Crippen LogP contribution in [0.5, 0.6) is 0 Å². The van der Waals surface area contributed by atoms with Crippen LogP contribution >= 0.6 is 0 Å². The van der Waals surface area contributed by atoms with Crippen LogP contribution in [0.2, 0.25) is 0 Å². The number of aryl methyl sites for hydroxylation is 1. The van der Waals surface area contributed by atoms with Crippen molar-refractivity contribution in [3.8, 4) is 0 Å². The number of fused-ring (bicyclic) bond motifs is 2. The highest BCUT2D eigenvalue weighted by atomic mass is 16.5. The van der Waals surface area contributed by atoms with Crippen LogP contribution in [0.15, 0.2) is 23.0 Å². The number of aromatic nitrogens is 2. The lowest BCUT2D eigenvalue weighted by Crippen LogP contribution is -2.35. The number of amides is 1. The Morgan fingerprint density at radius 1 is 1.16 bits per heavy atom. The Hall–Kier alpha value is -2.70. The van der Waals surface area contributed by atoms with Gasteiger partial charge in [0.2, 0.25) is 0 Å². The molecule has 0 radical (unpaired) electrons. The molecule has 1 aromatic carbocycles. The fraction of sp³-hybridized carbons (Fsp3) is 0.583. The summed E-state index contributed by atoms with van der Waals surface area (Å²) in [7, 11) is 0. The van der Waals surface area contributed by atoms with Crippen molar-refractivity contribution in [3.63, 3.8) is 0 Å². The summed E-state index contributed by atoms with van der Waals surface area (Å²) in [4.78, 5) is 42.0. The molecular weight excluding hydrogens is 394 g/mol. The quantitative estimate of drug-likeness (QED) is 0.650. The van der Waals surface area contributed by atoms with E-state index in [1.165, 1.54) is 0 Å². The van der Waals surface area contributed by atoms with Crippen LogP contribution in [-0.2, 0) is 22.5 Å². The lowest BCUT2D eigenvalue weighted by molar-refractivity contribution is -0.124. The Bertz CT molecular complexity index is 996. The molecule has 7 heteroatoms. The minimum absolute atomic E-state index is 0.0399. The van der Waals surface area contributed by atoms with Crippen molar-refractivity contribution < 1.29 is 14.3 Å². The van der Waals surface area contributed by atoms with Gasteiger partial charge < -0.3 is 10.1 Å². The average molecular weight is 428 g/mol. The Morgan fingerprint density at radius 2 is 1.97 bits per heavy atom. The van der Waals surface area contributed by atoms with E-state index < -0.39 is 5.97 Å². The molecule has 2 aromatic rings. The van der Waals surface area contributed by atoms with Gasteiger partial charge in [-0.25, -0.2) is 9.78 Å². The Labute approximate surface area is 183 Å². The summed E-state index contributed by atoms with van der Waals surface area (Å²) >= 11 is 0. The summed E-state index contributed by atoms with van der Waals surface area (Å²) in [5.41, 5.74) is 0.722. The summed E-state index contributed by atoms with van der Waals surface area (Å²) in [6.45, 7) is 6.67. The molecule has 0 aliphatic carbocycles. The van der Waals surface area contributed by atoms with Crippen molar-refractivity contribution in [2.24, 2.45) is 5.92 Å². The van der Waals surface area contributed by atoms with Gasteiger partial charge in [0.1, 0.15) is 5.82 Å². The van der Waals surface area contributed by atoms with Gasteiger partial charge in [0, 0.05) is 19.0 Å². The van der Waals surface area contributed by atoms with Gasteiger partial charge in [-0.3, -0.25) is 14.2 Å². The molecule has 0 saturated carbocycles. The van der Waals surface area contributed by atoms with Crippen molar-refractivity contribution in [2.45, 2.75) is 78.3 Å². The maximum absolute atomic E-state index is 12.8. The minimum Gasteiger partial charge on any atom is -0.452 e. The molecule has 1 aliphatic rings. The summed E-state index contributed by atoms with van der Waals surface area (Å²) in [5, 5.41) is 3.36. The monoisotopic (exact) mass is 427 g/mol. The van der Waals surface area contributed by atoms with Crippen LogP contribution in [0.1, 0.15) is 75.5 Å². The highest BCUT2D eigenvalue weighted by molar-refractivity contribution is 5.95. The second-order valence-electron chi connectivity index (χ2n) is 8.90. The smallest absolute Gasteiger partial charge is 0.338 e. The zero-order valence-corrected chi connectivity index (χ0v) is 18.8. The first-order valence-corrected chi connectivity index (χ1v) is 11.3. The molecule has 1 aliphatic heterocycles. The van der Waals surface area contributed by atoms with Crippen LogP contribution in [0, 0.1) is 5.92 Å². The maximum atomic E-state index is 12.8. The van der Waals surface area contributed by atoms with Crippen molar-refractivity contribution in [2.75, 3.05) is 6.61 Å². The van der Waals surface area contributed by atoms with E-state index in [-0.39, 0.29) is 29.7 Å². The zero-order chi connectivity index (χ0) is 22.4. The normalized spacial score (nSPS) is 14.7. The number of carbonyl (C=O) groups is 2. The van der Waals surface area contributed by atoms with E-state index in [1.54, 1.807) is 22.8 Å². The first-order valence-electron chi connectivity index (χ1n) is 11.3. The molecule has 0 bridgehead atoms. The topological polar surface area (TPSA) is 90.3 Å². The first kappa shape index (κ1) is 23.0. The summed E-state index contributed by atoms with van der Waals surface area (Å²) < 4.78 is 6.93. The Balaban J connectivity index is 1.61. The van der Waals surface area contributed by atoms with Gasteiger partial charge >= 0.3 is 5.97 Å². The number of esters is 1. The van der Waals surface area contributed by atoms with E-state index in [9.17, 15) is 14.4 Å². The zero-order valence-electron chi connectivity index (χ0n) is 18.8. The van der Waals surface area contributed by atoms with E-state index in [0.29, 0.717) is 23.4 Å². The van der Waals surface area contributed by atoms with Crippen molar-refractivity contribution in [1.82, 2.24) is 14.9 Å². The van der Waals surface area contributed by atoms with E-state index in [1.807, 2.05) is 6.92 Å². The Morgan fingerprint density at radius 3 is 2.74 bits per heavy atom. The molecule has 1 N–H and O–H groups in total. The van der Waals surface area contributed by atoms with E-state index in [4.69, 9.17) is 4.74 Å². The van der Waals surface area contributed by atoms with E-state index in [0.717, 1.165) is 50.8 Å². The van der Waals surface area contributed by atoms with Crippen LogP contribution in [0.25, 0.3) is 10.9 Å². The van der Waals surface area contributed by atoms with Crippen molar-refractivity contribution in [3.05, 3.63) is 39.9 Å². The number of hydrogen-bond acceptors (Lipinski definition) is 5. The second kappa shape index (κ2) is 10.6. The molecule has 0 saturated heterocycles. The molecule has 168 valence electrons. The minimum atomic E-state index is -0.596. The number of benzene rings is 1. The summed E-state index contributed by atoms with van der Waals surface area (Å²) in [5.74, 6) is 0.507. The van der Waals surface area contributed by atoms with Crippen LogP contribution in [0.4, 0.5) is 0 Å². The number of nitrogens with one attached hydrogen (secondary N) is 1. The van der Waals surface area contributed by atoms with Gasteiger partial charge in [0.05, 0.1) is 16.5 Å². The van der Waals surface area contributed by atoms with Crippen molar-refractivity contribution in [1.29, 1.82) is 0 Å². The molecule has 1 amide bonds. The predicted molar refractivity (Wildman–Crippen MR) is 120 cm³/mol. The molecular formula is C24H33N3O4. The molecule has 31 heavy (non-hydrogen) atoms. The largest absolute Gasteiger partial charge is 0.452 e. The molecule has 2 heterocycles. The average Bonchev–Trinajstić information content (AvgIpc) is 2.97. The van der Waals surface area contributed by atoms with Gasteiger partial charge in [0.25, 0.3) is 11.5 Å². The van der Waals surface area contributed by atoms with Gasteiger partial charge in [-0.15, -0.1) is 0 Å². The van der Waals surface area contributed by atoms with Gasteiger partial charge in [0.15, 0.2) is 6.61 Å². The summed E-state index contributed by atoms with van der Waals surface area (Å²) in [6, 6.07) is 4.80.